The molecule has 2 rings (SSSR count). The number of alkyl halides is 1. The van der Waals surface area contributed by atoms with Gasteiger partial charge in [-0.2, -0.15) is 0 Å². The third-order valence-corrected chi connectivity index (χ3v) is 4.43. The Bertz CT molecular complexity index is 143. The van der Waals surface area contributed by atoms with E-state index in [1.54, 1.807) is 0 Å². The summed E-state index contributed by atoms with van der Waals surface area (Å²) >= 11 is 2.39. The predicted molar refractivity (Wildman–Crippen MR) is 51.0 cm³/mol. The predicted octanol–water partition coefficient (Wildman–Crippen LogP) is 1.50. The molecule has 2 aliphatic rings. The van der Waals surface area contributed by atoms with E-state index in [9.17, 15) is 0 Å². The van der Waals surface area contributed by atoms with Gasteiger partial charge in [-0.1, -0.05) is 22.6 Å². The molecule has 0 unspecified atom stereocenters. The first-order valence-electron chi connectivity index (χ1n) is 4.11. The minimum Gasteiger partial charge on any atom is -0.393 e. The van der Waals surface area contributed by atoms with Crippen LogP contribution in [0.1, 0.15) is 25.7 Å². The Hall–Kier alpha value is 0.650. The Kier molecular flexibility index (Phi) is 1.93. The molecular formula is C8H13IO2. The molecule has 2 saturated heterocycles. The van der Waals surface area contributed by atoms with E-state index in [-0.39, 0.29) is 17.8 Å². The zero-order chi connectivity index (χ0) is 7.95. The van der Waals surface area contributed by atoms with Crippen LogP contribution < -0.4 is 0 Å². The molecule has 0 amide bonds. The lowest BCUT2D eigenvalue weighted by molar-refractivity contribution is -0.0619. The van der Waals surface area contributed by atoms with Gasteiger partial charge in [0.25, 0.3) is 0 Å². The highest BCUT2D eigenvalue weighted by molar-refractivity contribution is 14.1. The molecule has 1 N–H and O–H groups in total. The molecular weight excluding hydrogens is 255 g/mol. The number of halogens is 1. The lowest BCUT2D eigenvalue weighted by Crippen LogP contribution is -2.29. The Morgan fingerprint density at radius 2 is 1.73 bits per heavy atom. The summed E-state index contributed by atoms with van der Waals surface area (Å²) in [4.78, 5) is 0. The Morgan fingerprint density at radius 1 is 1.18 bits per heavy atom. The second-order valence-electron chi connectivity index (χ2n) is 3.76. The van der Waals surface area contributed by atoms with Crippen LogP contribution in [-0.4, -0.2) is 27.3 Å². The summed E-state index contributed by atoms with van der Waals surface area (Å²) in [5.74, 6) is 0. The number of aliphatic hydroxyl groups excluding tert-OH is 1. The van der Waals surface area contributed by atoms with Gasteiger partial charge in [0.1, 0.15) is 0 Å². The first kappa shape index (κ1) is 8.26. The highest BCUT2D eigenvalue weighted by Gasteiger charge is 2.54. The van der Waals surface area contributed by atoms with Crippen molar-refractivity contribution >= 4 is 22.6 Å². The van der Waals surface area contributed by atoms with Gasteiger partial charge in [0.2, 0.25) is 0 Å². The number of hydrogen-bond acceptors (Lipinski definition) is 2. The maximum absolute atomic E-state index is 9.13. The summed E-state index contributed by atoms with van der Waals surface area (Å²) in [7, 11) is 0. The number of hydrogen-bond donors (Lipinski definition) is 1. The van der Waals surface area contributed by atoms with Crippen LogP contribution in [0.3, 0.4) is 0 Å². The highest BCUT2D eigenvalue weighted by Crippen LogP contribution is 2.51. The molecule has 0 saturated carbocycles. The second kappa shape index (κ2) is 2.57. The number of aliphatic hydroxyl groups is 1. The third kappa shape index (κ3) is 1.12. The van der Waals surface area contributed by atoms with E-state index in [1.165, 1.54) is 0 Å². The molecule has 0 aromatic heterocycles. The fourth-order valence-electron chi connectivity index (χ4n) is 2.18. The van der Waals surface area contributed by atoms with Crippen LogP contribution in [0.15, 0.2) is 0 Å². The van der Waals surface area contributed by atoms with Crippen LogP contribution in [0.2, 0.25) is 0 Å². The molecule has 11 heavy (non-hydrogen) atoms. The van der Waals surface area contributed by atoms with E-state index in [1.807, 2.05) is 0 Å². The van der Waals surface area contributed by atoms with Crippen LogP contribution in [0.5, 0.6) is 0 Å². The summed E-state index contributed by atoms with van der Waals surface area (Å²) < 4.78 is 6.96. The molecule has 0 radical (unpaired) electrons. The minimum absolute atomic E-state index is 0.134. The zero-order valence-electron chi connectivity index (χ0n) is 6.48. The van der Waals surface area contributed by atoms with Crippen molar-refractivity contribution in [3.63, 3.8) is 0 Å². The summed E-state index contributed by atoms with van der Waals surface area (Å²) in [6.07, 6.45) is 4.42. The third-order valence-electron chi connectivity index (χ3n) is 3.04. The quantitative estimate of drug-likeness (QED) is 0.607. The second-order valence-corrected chi connectivity index (χ2v) is 4.52. The number of fused-ring (bicyclic) bond motifs is 2. The van der Waals surface area contributed by atoms with Crippen LogP contribution in [0.4, 0.5) is 0 Å². The van der Waals surface area contributed by atoms with E-state index in [0.29, 0.717) is 0 Å². The van der Waals surface area contributed by atoms with Gasteiger partial charge in [0.05, 0.1) is 17.8 Å². The molecule has 0 aliphatic carbocycles. The van der Waals surface area contributed by atoms with Crippen molar-refractivity contribution in [2.75, 3.05) is 11.0 Å². The first-order chi connectivity index (χ1) is 5.24. The van der Waals surface area contributed by atoms with Gasteiger partial charge >= 0.3 is 0 Å². The molecule has 2 nitrogen and oxygen atoms in total. The molecule has 64 valence electrons. The standard InChI is InChI=1S/C8H13IO2/c9-5-7-1-3-8(6-10,11-7)4-2-7/h10H,1-6H2. The SMILES string of the molecule is OCC12CCC(CI)(CC1)O2. The van der Waals surface area contributed by atoms with Gasteiger partial charge < -0.3 is 9.84 Å². The molecule has 2 fully saturated rings. The van der Waals surface area contributed by atoms with Crippen LogP contribution >= 0.6 is 22.6 Å². The molecule has 0 atom stereocenters. The van der Waals surface area contributed by atoms with Crippen molar-refractivity contribution in [1.82, 2.24) is 0 Å². The summed E-state index contributed by atoms with van der Waals surface area (Å²) in [6, 6.07) is 0. The average molecular weight is 268 g/mol. The summed E-state index contributed by atoms with van der Waals surface area (Å²) in [5, 5.41) is 9.13. The molecule has 0 aromatic rings. The van der Waals surface area contributed by atoms with Gasteiger partial charge in [-0.15, -0.1) is 0 Å². The van der Waals surface area contributed by atoms with Crippen molar-refractivity contribution in [2.45, 2.75) is 36.9 Å². The van der Waals surface area contributed by atoms with Gasteiger partial charge in [0.15, 0.2) is 0 Å². The van der Waals surface area contributed by atoms with Gasteiger partial charge in [-0.25, -0.2) is 0 Å². The van der Waals surface area contributed by atoms with Crippen molar-refractivity contribution < 1.29 is 9.84 Å². The Labute approximate surface area is 80.5 Å². The van der Waals surface area contributed by atoms with Gasteiger partial charge in [-0.3, -0.25) is 0 Å². The lowest BCUT2D eigenvalue weighted by Gasteiger charge is -2.20. The maximum atomic E-state index is 9.13. The minimum atomic E-state index is -0.134. The van der Waals surface area contributed by atoms with Crippen molar-refractivity contribution in [3.8, 4) is 0 Å². The zero-order valence-corrected chi connectivity index (χ0v) is 8.63. The van der Waals surface area contributed by atoms with Gasteiger partial charge in [0, 0.05) is 4.43 Å². The summed E-state index contributed by atoms with van der Waals surface area (Å²) in [5.41, 5.74) is 0.00839. The van der Waals surface area contributed by atoms with Crippen LogP contribution in [0, 0.1) is 0 Å². The largest absolute Gasteiger partial charge is 0.393 e. The monoisotopic (exact) mass is 268 g/mol. The Balaban J connectivity index is 2.15. The average Bonchev–Trinajstić information content (AvgIpc) is 2.61. The van der Waals surface area contributed by atoms with E-state index in [0.717, 1.165) is 30.1 Å². The van der Waals surface area contributed by atoms with Crippen molar-refractivity contribution in [3.05, 3.63) is 0 Å². The highest BCUT2D eigenvalue weighted by atomic mass is 127. The maximum Gasteiger partial charge on any atom is 0.0922 e. The van der Waals surface area contributed by atoms with E-state index < -0.39 is 0 Å². The Morgan fingerprint density at radius 3 is 2.00 bits per heavy atom. The van der Waals surface area contributed by atoms with Crippen LogP contribution in [-0.2, 0) is 4.74 Å². The van der Waals surface area contributed by atoms with Gasteiger partial charge in [-0.05, 0) is 25.7 Å². The smallest absolute Gasteiger partial charge is 0.0922 e. The van der Waals surface area contributed by atoms with Crippen LogP contribution in [0.25, 0.3) is 0 Å². The summed E-state index contributed by atoms with van der Waals surface area (Å²) in [6.45, 7) is 0.214. The normalized spacial score (nSPS) is 48.5. The first-order valence-corrected chi connectivity index (χ1v) is 5.64. The topological polar surface area (TPSA) is 29.5 Å². The fraction of sp³-hybridized carbons (Fsp3) is 1.00. The molecule has 0 aromatic carbocycles. The van der Waals surface area contributed by atoms with E-state index >= 15 is 0 Å². The lowest BCUT2D eigenvalue weighted by atomic mass is 9.83. The number of ether oxygens (including phenoxy) is 1. The van der Waals surface area contributed by atoms with Crippen molar-refractivity contribution in [2.24, 2.45) is 0 Å². The van der Waals surface area contributed by atoms with Crippen molar-refractivity contribution in [1.29, 1.82) is 0 Å². The molecule has 2 aliphatic heterocycles. The number of rotatable bonds is 2. The molecule has 2 bridgehead atoms. The van der Waals surface area contributed by atoms with E-state index in [4.69, 9.17) is 9.84 Å². The molecule has 3 heteroatoms. The fourth-order valence-corrected chi connectivity index (χ4v) is 3.09. The molecule has 0 spiro atoms. The van der Waals surface area contributed by atoms with E-state index in [2.05, 4.69) is 22.6 Å². The molecule has 2 heterocycles.